The molecule has 0 saturated heterocycles. The van der Waals surface area contributed by atoms with Gasteiger partial charge in [0.25, 0.3) is 5.91 Å². The largest absolute Gasteiger partial charge is 0.495 e. The zero-order valence-corrected chi connectivity index (χ0v) is 17.1. The van der Waals surface area contributed by atoms with E-state index in [9.17, 15) is 10.1 Å². The van der Waals surface area contributed by atoms with Gasteiger partial charge in [-0.15, -0.1) is 0 Å². The molecule has 0 spiro atoms. The highest BCUT2D eigenvalue weighted by Gasteiger charge is 2.16. The molecule has 0 bridgehead atoms. The molecule has 3 aromatic rings. The van der Waals surface area contributed by atoms with Crippen LogP contribution in [0.1, 0.15) is 17.0 Å². The molecule has 0 radical (unpaired) electrons. The van der Waals surface area contributed by atoms with E-state index in [1.807, 2.05) is 54.8 Å². The first-order valence-electron chi connectivity index (χ1n) is 8.96. The molecule has 1 N–H and O–H groups in total. The fourth-order valence-electron chi connectivity index (χ4n) is 3.18. The van der Waals surface area contributed by atoms with Crippen molar-refractivity contribution in [3.8, 4) is 17.5 Å². The number of nitriles is 1. The van der Waals surface area contributed by atoms with Gasteiger partial charge in [-0.3, -0.25) is 4.79 Å². The van der Waals surface area contributed by atoms with Crippen molar-refractivity contribution < 1.29 is 9.53 Å². The van der Waals surface area contributed by atoms with E-state index in [1.165, 1.54) is 7.11 Å². The van der Waals surface area contributed by atoms with E-state index in [4.69, 9.17) is 16.3 Å². The number of ether oxygens (including phenoxy) is 1. The first-order chi connectivity index (χ1) is 14.0. The van der Waals surface area contributed by atoms with E-state index < -0.39 is 5.91 Å². The Morgan fingerprint density at radius 3 is 2.55 bits per heavy atom. The Bertz CT molecular complexity index is 1140. The lowest BCUT2D eigenvalue weighted by Crippen LogP contribution is -2.14. The second kappa shape index (κ2) is 8.68. The molecule has 0 aliphatic carbocycles. The Morgan fingerprint density at radius 2 is 1.86 bits per heavy atom. The molecule has 0 aliphatic rings. The third-order valence-corrected chi connectivity index (χ3v) is 4.90. The zero-order valence-electron chi connectivity index (χ0n) is 16.4. The molecule has 2 aromatic carbocycles. The SMILES string of the molecule is COc1ccccc1NC(=O)/C(C#N)=C/c1cc(C)n(-c2ccccc2Cl)c1C. The predicted molar refractivity (Wildman–Crippen MR) is 115 cm³/mol. The number of hydrogen-bond acceptors (Lipinski definition) is 3. The summed E-state index contributed by atoms with van der Waals surface area (Å²) < 4.78 is 7.24. The lowest BCUT2D eigenvalue weighted by atomic mass is 10.1. The van der Waals surface area contributed by atoms with Gasteiger partial charge in [-0.2, -0.15) is 5.26 Å². The van der Waals surface area contributed by atoms with E-state index in [2.05, 4.69) is 5.32 Å². The second-order valence-electron chi connectivity index (χ2n) is 6.44. The third-order valence-electron chi connectivity index (χ3n) is 4.58. The number of carbonyl (C=O) groups is 1. The predicted octanol–water partition coefficient (Wildman–Crippen LogP) is 5.30. The van der Waals surface area contributed by atoms with Crippen LogP contribution in [0.15, 0.2) is 60.2 Å². The maximum atomic E-state index is 12.7. The number of aromatic nitrogens is 1. The highest BCUT2D eigenvalue weighted by atomic mass is 35.5. The monoisotopic (exact) mass is 405 g/mol. The van der Waals surface area contributed by atoms with Gasteiger partial charge in [-0.05, 0) is 55.8 Å². The molecule has 0 unspecified atom stereocenters. The first kappa shape index (κ1) is 20.2. The number of methoxy groups -OCH3 is 1. The van der Waals surface area contributed by atoms with Crippen LogP contribution in [-0.4, -0.2) is 17.6 Å². The van der Waals surface area contributed by atoms with E-state index in [0.717, 1.165) is 22.6 Å². The van der Waals surface area contributed by atoms with Gasteiger partial charge in [0.2, 0.25) is 0 Å². The maximum absolute atomic E-state index is 12.7. The van der Waals surface area contributed by atoms with Crippen LogP contribution < -0.4 is 10.1 Å². The van der Waals surface area contributed by atoms with Crippen LogP contribution in [0.2, 0.25) is 5.02 Å². The van der Waals surface area contributed by atoms with Gasteiger partial charge in [0, 0.05) is 11.4 Å². The molecule has 1 aromatic heterocycles. The topological polar surface area (TPSA) is 67.0 Å². The molecule has 0 saturated carbocycles. The summed E-state index contributed by atoms with van der Waals surface area (Å²) in [7, 11) is 1.52. The zero-order chi connectivity index (χ0) is 21.0. The Kier molecular flexibility index (Phi) is 6.06. The Balaban J connectivity index is 1.96. The highest BCUT2D eigenvalue weighted by molar-refractivity contribution is 6.32. The van der Waals surface area contributed by atoms with Crippen LogP contribution in [0.3, 0.4) is 0 Å². The summed E-state index contributed by atoms with van der Waals surface area (Å²) >= 11 is 6.35. The fraction of sp³-hybridized carbons (Fsp3) is 0.130. The normalized spacial score (nSPS) is 11.1. The fourth-order valence-corrected chi connectivity index (χ4v) is 3.40. The Morgan fingerprint density at radius 1 is 1.17 bits per heavy atom. The van der Waals surface area contributed by atoms with Crippen molar-refractivity contribution in [3.63, 3.8) is 0 Å². The number of anilines is 1. The number of amides is 1. The van der Waals surface area contributed by atoms with Gasteiger partial charge < -0.3 is 14.6 Å². The molecular weight excluding hydrogens is 386 g/mol. The van der Waals surface area contributed by atoms with Crippen LogP contribution in [0.4, 0.5) is 5.69 Å². The van der Waals surface area contributed by atoms with Crippen LogP contribution in [0.25, 0.3) is 11.8 Å². The average Bonchev–Trinajstić information content (AvgIpc) is 3.00. The molecule has 5 nitrogen and oxygen atoms in total. The van der Waals surface area contributed by atoms with Gasteiger partial charge >= 0.3 is 0 Å². The minimum atomic E-state index is -0.500. The smallest absolute Gasteiger partial charge is 0.266 e. The van der Waals surface area contributed by atoms with Crippen molar-refractivity contribution in [2.75, 3.05) is 12.4 Å². The maximum Gasteiger partial charge on any atom is 0.266 e. The minimum absolute atomic E-state index is 0.00434. The van der Waals surface area contributed by atoms with Gasteiger partial charge in [-0.1, -0.05) is 35.9 Å². The number of benzene rings is 2. The number of nitrogens with one attached hydrogen (secondary N) is 1. The van der Waals surface area contributed by atoms with Crippen molar-refractivity contribution in [2.24, 2.45) is 0 Å². The first-order valence-corrected chi connectivity index (χ1v) is 9.34. The molecule has 29 heavy (non-hydrogen) atoms. The van der Waals surface area contributed by atoms with Crippen LogP contribution in [-0.2, 0) is 4.79 Å². The summed E-state index contributed by atoms with van der Waals surface area (Å²) in [6.07, 6.45) is 1.58. The molecular formula is C23H20ClN3O2. The summed E-state index contributed by atoms with van der Waals surface area (Å²) in [5.41, 5.74) is 3.95. The average molecular weight is 406 g/mol. The number of aryl methyl sites for hydroxylation is 1. The van der Waals surface area contributed by atoms with Crippen LogP contribution >= 0.6 is 11.6 Å². The molecule has 6 heteroatoms. The van der Waals surface area contributed by atoms with Crippen LogP contribution in [0, 0.1) is 25.2 Å². The van der Waals surface area contributed by atoms with Crippen molar-refractivity contribution in [2.45, 2.75) is 13.8 Å². The summed E-state index contributed by atoms with van der Waals surface area (Å²) in [6, 6.07) is 18.5. The Hall–Kier alpha value is -3.49. The number of carbonyl (C=O) groups excluding carboxylic acids is 1. The molecule has 146 valence electrons. The quantitative estimate of drug-likeness (QED) is 0.462. The lowest BCUT2D eigenvalue weighted by Gasteiger charge is -2.11. The molecule has 1 amide bonds. The van der Waals surface area contributed by atoms with E-state index in [0.29, 0.717) is 16.5 Å². The molecule has 0 atom stereocenters. The molecule has 3 rings (SSSR count). The van der Waals surface area contributed by atoms with Crippen molar-refractivity contribution in [1.29, 1.82) is 5.26 Å². The number of para-hydroxylation sites is 3. The van der Waals surface area contributed by atoms with Gasteiger partial charge in [-0.25, -0.2) is 0 Å². The number of hydrogen-bond donors (Lipinski definition) is 1. The van der Waals surface area contributed by atoms with Gasteiger partial charge in [0.05, 0.1) is 23.5 Å². The number of rotatable bonds is 5. The van der Waals surface area contributed by atoms with Crippen molar-refractivity contribution in [3.05, 3.63) is 82.1 Å². The highest BCUT2D eigenvalue weighted by Crippen LogP contribution is 2.28. The minimum Gasteiger partial charge on any atom is -0.495 e. The molecule has 0 fully saturated rings. The van der Waals surface area contributed by atoms with E-state index >= 15 is 0 Å². The van der Waals surface area contributed by atoms with E-state index in [1.54, 1.807) is 30.3 Å². The lowest BCUT2D eigenvalue weighted by molar-refractivity contribution is -0.112. The standard InChI is InChI=1S/C23H20ClN3O2/c1-15-12-17(16(2)27(15)21-10-6-4-8-19(21)24)13-18(14-25)23(28)26-20-9-5-7-11-22(20)29-3/h4-13H,1-3H3,(H,26,28)/b18-13+. The molecule has 1 heterocycles. The van der Waals surface area contributed by atoms with E-state index in [-0.39, 0.29) is 5.57 Å². The molecule has 0 aliphatic heterocycles. The summed E-state index contributed by atoms with van der Waals surface area (Å²) in [4.78, 5) is 12.7. The summed E-state index contributed by atoms with van der Waals surface area (Å²) in [6.45, 7) is 3.88. The summed E-state index contributed by atoms with van der Waals surface area (Å²) in [5.74, 6) is 0.0228. The third kappa shape index (κ3) is 4.18. The number of nitrogens with zero attached hydrogens (tertiary/aromatic N) is 2. The van der Waals surface area contributed by atoms with Crippen molar-refractivity contribution in [1.82, 2.24) is 4.57 Å². The van der Waals surface area contributed by atoms with Gasteiger partial charge in [0.1, 0.15) is 17.4 Å². The second-order valence-corrected chi connectivity index (χ2v) is 6.84. The number of halogens is 1. The van der Waals surface area contributed by atoms with Crippen LogP contribution in [0.5, 0.6) is 5.75 Å². The summed E-state index contributed by atoms with van der Waals surface area (Å²) in [5, 5.41) is 12.9. The Labute approximate surface area is 174 Å². The van der Waals surface area contributed by atoms with Gasteiger partial charge in [0.15, 0.2) is 0 Å². The van der Waals surface area contributed by atoms with Crippen molar-refractivity contribution >= 4 is 29.3 Å².